The van der Waals surface area contributed by atoms with Gasteiger partial charge in [0.1, 0.15) is 11.8 Å². The summed E-state index contributed by atoms with van der Waals surface area (Å²) in [6.07, 6.45) is 3.70. The zero-order chi connectivity index (χ0) is 19.7. The molecular weight excluding hydrogens is 356 g/mol. The zero-order valence-electron chi connectivity index (χ0n) is 15.7. The van der Waals surface area contributed by atoms with E-state index in [0.29, 0.717) is 41.2 Å². The molecule has 142 valence electrons. The van der Waals surface area contributed by atoms with Crippen molar-refractivity contribution in [3.8, 4) is 0 Å². The van der Waals surface area contributed by atoms with Crippen LogP contribution in [0.3, 0.4) is 0 Å². The summed E-state index contributed by atoms with van der Waals surface area (Å²) in [4.78, 5) is 29.4. The molecule has 0 aliphatic carbocycles. The number of hydrogen-bond acceptors (Lipinski definition) is 7. The molecule has 0 radical (unpaired) electrons. The van der Waals surface area contributed by atoms with E-state index in [1.165, 1.54) is 6.33 Å². The summed E-state index contributed by atoms with van der Waals surface area (Å²) >= 11 is 0. The molecule has 8 heteroatoms. The molecule has 0 bridgehead atoms. The second kappa shape index (κ2) is 7.22. The van der Waals surface area contributed by atoms with Crippen molar-refractivity contribution in [1.82, 2.24) is 24.5 Å². The summed E-state index contributed by atoms with van der Waals surface area (Å²) in [5.74, 6) is -0.0137. The van der Waals surface area contributed by atoms with Crippen molar-refractivity contribution in [2.24, 2.45) is 0 Å². The molecule has 0 aliphatic rings. The van der Waals surface area contributed by atoms with E-state index in [1.807, 2.05) is 42.7 Å². The number of hydrogen-bond donors (Lipinski definition) is 1. The number of carbonyl (C=O) groups is 1. The number of pyridine rings is 1. The Labute approximate surface area is 161 Å². The fraction of sp³-hybridized carbons (Fsp3) is 0.250. The molecule has 0 unspecified atom stereocenters. The van der Waals surface area contributed by atoms with E-state index in [9.17, 15) is 4.79 Å². The van der Waals surface area contributed by atoms with Crippen LogP contribution in [-0.4, -0.2) is 37.1 Å². The Morgan fingerprint density at radius 3 is 2.89 bits per heavy atom. The predicted octanol–water partition coefficient (Wildman–Crippen LogP) is 2.82. The Morgan fingerprint density at radius 1 is 1.18 bits per heavy atom. The van der Waals surface area contributed by atoms with E-state index in [4.69, 9.17) is 10.5 Å². The average molecular weight is 376 g/mol. The third-order valence-electron chi connectivity index (χ3n) is 4.59. The quantitative estimate of drug-likeness (QED) is 0.421. The summed E-state index contributed by atoms with van der Waals surface area (Å²) in [5, 5.41) is 0.930. The lowest BCUT2D eigenvalue weighted by Gasteiger charge is -2.09. The topological polar surface area (TPSA) is 109 Å². The maximum atomic E-state index is 12.5. The Kier molecular flexibility index (Phi) is 4.60. The number of rotatable bonds is 5. The normalized spacial score (nSPS) is 11.2. The van der Waals surface area contributed by atoms with Crippen LogP contribution in [0.4, 0.5) is 5.82 Å². The minimum absolute atomic E-state index is 0.282. The van der Waals surface area contributed by atoms with Crippen molar-refractivity contribution in [3.63, 3.8) is 0 Å². The van der Waals surface area contributed by atoms with Gasteiger partial charge in [-0.25, -0.2) is 19.7 Å². The summed E-state index contributed by atoms with van der Waals surface area (Å²) < 4.78 is 7.32. The Hall–Kier alpha value is -3.55. The lowest BCUT2D eigenvalue weighted by atomic mass is 10.1. The van der Waals surface area contributed by atoms with Gasteiger partial charge in [0, 0.05) is 11.9 Å². The summed E-state index contributed by atoms with van der Waals surface area (Å²) in [6, 6.07) is 7.82. The number of nitrogens with zero attached hydrogens (tertiary/aromatic N) is 5. The van der Waals surface area contributed by atoms with Gasteiger partial charge in [0.25, 0.3) is 0 Å². The maximum Gasteiger partial charge on any atom is 0.340 e. The van der Waals surface area contributed by atoms with Crippen molar-refractivity contribution >= 4 is 33.9 Å². The van der Waals surface area contributed by atoms with Crippen LogP contribution < -0.4 is 5.73 Å². The van der Waals surface area contributed by atoms with Gasteiger partial charge < -0.3 is 15.0 Å². The first-order valence-electron chi connectivity index (χ1n) is 8.99. The van der Waals surface area contributed by atoms with Gasteiger partial charge in [0.15, 0.2) is 11.5 Å². The molecule has 0 saturated carbocycles. The molecule has 0 spiro atoms. The first kappa shape index (κ1) is 17.8. The summed E-state index contributed by atoms with van der Waals surface area (Å²) in [6.45, 7) is 4.71. The standard InChI is InChI=1S/C20H20N6O2/c1-12-4-5-16-14(8-12)9-15(13(2)25-16)20(27)28-7-3-6-26-11-24-17-18(21)22-10-23-19(17)26/h4-5,8-11H,3,6-7H2,1-2H3,(H2,21,22,23). The Bertz CT molecular complexity index is 1180. The Balaban J connectivity index is 1.41. The molecule has 3 aromatic heterocycles. The van der Waals surface area contributed by atoms with Crippen LogP contribution in [0.5, 0.6) is 0 Å². The maximum absolute atomic E-state index is 12.5. The molecule has 28 heavy (non-hydrogen) atoms. The highest BCUT2D eigenvalue weighted by Crippen LogP contribution is 2.19. The fourth-order valence-electron chi connectivity index (χ4n) is 3.14. The smallest absolute Gasteiger partial charge is 0.340 e. The van der Waals surface area contributed by atoms with E-state index in [0.717, 1.165) is 16.5 Å². The number of ether oxygens (including phenoxy) is 1. The van der Waals surface area contributed by atoms with Gasteiger partial charge in [-0.15, -0.1) is 0 Å². The molecule has 8 nitrogen and oxygen atoms in total. The second-order valence-corrected chi connectivity index (χ2v) is 6.68. The van der Waals surface area contributed by atoms with E-state index >= 15 is 0 Å². The molecule has 0 atom stereocenters. The molecule has 1 aromatic carbocycles. The van der Waals surface area contributed by atoms with E-state index in [1.54, 1.807) is 6.33 Å². The number of anilines is 1. The first-order chi connectivity index (χ1) is 13.5. The number of benzene rings is 1. The number of carbonyl (C=O) groups excluding carboxylic acids is 1. The molecule has 2 N–H and O–H groups in total. The zero-order valence-corrected chi connectivity index (χ0v) is 15.7. The number of esters is 1. The third-order valence-corrected chi connectivity index (χ3v) is 4.59. The number of fused-ring (bicyclic) bond motifs is 2. The molecule has 0 saturated heterocycles. The van der Waals surface area contributed by atoms with Crippen molar-refractivity contribution in [2.75, 3.05) is 12.3 Å². The molecule has 4 rings (SSSR count). The molecule has 0 fully saturated rings. The fourth-order valence-corrected chi connectivity index (χ4v) is 3.14. The van der Waals surface area contributed by atoms with Gasteiger partial charge in [-0.1, -0.05) is 11.6 Å². The highest BCUT2D eigenvalue weighted by Gasteiger charge is 2.14. The van der Waals surface area contributed by atoms with Crippen LogP contribution in [0.15, 0.2) is 36.9 Å². The molecule has 3 heterocycles. The lowest BCUT2D eigenvalue weighted by Crippen LogP contribution is -2.11. The Morgan fingerprint density at radius 2 is 2.04 bits per heavy atom. The van der Waals surface area contributed by atoms with Gasteiger partial charge in [-0.05, 0) is 38.5 Å². The van der Waals surface area contributed by atoms with E-state index < -0.39 is 0 Å². The van der Waals surface area contributed by atoms with Crippen LogP contribution in [-0.2, 0) is 11.3 Å². The van der Waals surface area contributed by atoms with Crippen LogP contribution >= 0.6 is 0 Å². The molecule has 0 amide bonds. The molecule has 4 aromatic rings. The summed E-state index contributed by atoms with van der Waals surface area (Å²) in [7, 11) is 0. The van der Waals surface area contributed by atoms with Gasteiger partial charge in [-0.3, -0.25) is 4.98 Å². The number of nitrogens with two attached hydrogens (primary N) is 1. The van der Waals surface area contributed by atoms with E-state index in [-0.39, 0.29) is 12.6 Å². The second-order valence-electron chi connectivity index (χ2n) is 6.68. The molecular formula is C20H20N6O2. The number of aryl methyl sites for hydroxylation is 3. The highest BCUT2D eigenvalue weighted by molar-refractivity contribution is 5.95. The summed E-state index contributed by atoms with van der Waals surface area (Å²) in [5.41, 5.74) is 10.2. The van der Waals surface area contributed by atoms with Crippen molar-refractivity contribution < 1.29 is 9.53 Å². The van der Waals surface area contributed by atoms with Crippen molar-refractivity contribution in [2.45, 2.75) is 26.8 Å². The van der Waals surface area contributed by atoms with Crippen LogP contribution in [0, 0.1) is 13.8 Å². The van der Waals surface area contributed by atoms with Crippen molar-refractivity contribution in [1.29, 1.82) is 0 Å². The monoisotopic (exact) mass is 376 g/mol. The van der Waals surface area contributed by atoms with Gasteiger partial charge in [-0.2, -0.15) is 0 Å². The lowest BCUT2D eigenvalue weighted by molar-refractivity contribution is 0.0495. The number of imidazole rings is 1. The number of nitrogen functional groups attached to an aromatic ring is 1. The van der Waals surface area contributed by atoms with Crippen LogP contribution in [0.2, 0.25) is 0 Å². The SMILES string of the molecule is Cc1ccc2nc(C)c(C(=O)OCCCn3cnc4c(N)ncnc43)cc2c1. The van der Waals surface area contributed by atoms with Crippen LogP contribution in [0.25, 0.3) is 22.1 Å². The highest BCUT2D eigenvalue weighted by atomic mass is 16.5. The minimum Gasteiger partial charge on any atom is -0.462 e. The van der Waals surface area contributed by atoms with Gasteiger partial charge >= 0.3 is 5.97 Å². The molecule has 0 aliphatic heterocycles. The van der Waals surface area contributed by atoms with Gasteiger partial charge in [0.2, 0.25) is 0 Å². The largest absolute Gasteiger partial charge is 0.462 e. The first-order valence-corrected chi connectivity index (χ1v) is 8.99. The predicted molar refractivity (Wildman–Crippen MR) is 106 cm³/mol. The number of aromatic nitrogens is 5. The average Bonchev–Trinajstić information content (AvgIpc) is 3.09. The van der Waals surface area contributed by atoms with Crippen LogP contribution in [0.1, 0.15) is 28.0 Å². The van der Waals surface area contributed by atoms with Gasteiger partial charge in [0.05, 0.1) is 29.7 Å². The van der Waals surface area contributed by atoms with Crippen molar-refractivity contribution in [3.05, 3.63) is 53.7 Å². The van der Waals surface area contributed by atoms with E-state index in [2.05, 4.69) is 19.9 Å². The minimum atomic E-state index is -0.365. The third kappa shape index (κ3) is 3.36.